The van der Waals surface area contributed by atoms with Crippen molar-refractivity contribution in [3.05, 3.63) is 0 Å². The van der Waals surface area contributed by atoms with Crippen molar-refractivity contribution in [1.29, 1.82) is 0 Å². The molecule has 0 spiro atoms. The second-order valence-electron chi connectivity index (χ2n) is 4.75. The lowest BCUT2D eigenvalue weighted by Crippen LogP contribution is -2.45. The van der Waals surface area contributed by atoms with Crippen LogP contribution in [0, 0.1) is 0 Å². The lowest BCUT2D eigenvalue weighted by molar-refractivity contribution is 0.0226. The van der Waals surface area contributed by atoms with Gasteiger partial charge in [-0.25, -0.2) is 0 Å². The van der Waals surface area contributed by atoms with Gasteiger partial charge in [0, 0.05) is 62.4 Å². The van der Waals surface area contributed by atoms with E-state index in [0.717, 1.165) is 19.1 Å². The number of epoxide rings is 1. The van der Waals surface area contributed by atoms with Crippen LogP contribution in [0.5, 0.6) is 0 Å². The van der Waals surface area contributed by atoms with E-state index in [2.05, 4.69) is 0 Å². The van der Waals surface area contributed by atoms with Crippen LogP contribution in [-0.4, -0.2) is 93.5 Å². The molecule has 1 aliphatic rings. The molecule has 11 heteroatoms. The van der Waals surface area contributed by atoms with Gasteiger partial charge in [0.1, 0.15) is 6.10 Å². The molecule has 0 N–H and O–H groups in total. The first-order valence-electron chi connectivity index (χ1n) is 7.56. The molecule has 0 aromatic carbocycles. The summed E-state index contributed by atoms with van der Waals surface area (Å²) in [5, 5.41) is 0. The average molecular weight is 389 g/mol. The van der Waals surface area contributed by atoms with E-state index >= 15 is 0 Å². The van der Waals surface area contributed by atoms with E-state index in [0.29, 0.717) is 19.3 Å². The van der Waals surface area contributed by atoms with Crippen LogP contribution in [-0.2, 0) is 40.5 Å². The Hall–Kier alpha value is 0.0738. The summed E-state index contributed by atoms with van der Waals surface area (Å²) in [6.45, 7) is 2.24. The second kappa shape index (κ2) is 13.3. The summed E-state index contributed by atoms with van der Waals surface area (Å²) in [6, 6.07) is 0.780. The average Bonchev–Trinajstić information content (AvgIpc) is 3.46. The molecule has 0 saturated carbocycles. The number of ether oxygens (including phenoxy) is 2. The normalized spacial score (nSPS) is 17.4. The van der Waals surface area contributed by atoms with Crippen molar-refractivity contribution < 1.29 is 40.5 Å². The lowest BCUT2D eigenvalue weighted by atomic mass is 10.5. The third-order valence-corrected chi connectivity index (χ3v) is 8.24. The van der Waals surface area contributed by atoms with Gasteiger partial charge in [0.25, 0.3) is 0 Å². The van der Waals surface area contributed by atoms with Crippen molar-refractivity contribution in [2.75, 3.05) is 69.6 Å². The van der Waals surface area contributed by atoms with E-state index < -0.39 is 17.9 Å². The minimum Gasteiger partial charge on any atom is -0.379 e. The molecule has 0 amide bonds. The Kier molecular flexibility index (Phi) is 13.3. The molecular weight excluding hydrogens is 356 g/mol. The first-order valence-corrected chi connectivity index (χ1v) is 11.1. The van der Waals surface area contributed by atoms with Gasteiger partial charge in [0.05, 0.1) is 13.2 Å². The number of hydrogen-bond donors (Lipinski definition) is 0. The van der Waals surface area contributed by atoms with Crippen LogP contribution in [0.15, 0.2) is 0 Å². The molecule has 24 heavy (non-hydrogen) atoms. The molecule has 1 atom stereocenters. The first-order chi connectivity index (χ1) is 11.5. The van der Waals surface area contributed by atoms with E-state index in [1.165, 1.54) is 28.4 Å². The molecular formula is C13H32O9Si2. The zero-order valence-electron chi connectivity index (χ0n) is 15.8. The predicted octanol–water partition coefficient (Wildman–Crippen LogP) is 0.678. The first kappa shape index (κ1) is 24.1. The third kappa shape index (κ3) is 8.96. The lowest BCUT2D eigenvalue weighted by Gasteiger charge is -2.24. The van der Waals surface area contributed by atoms with Gasteiger partial charge >= 0.3 is 17.9 Å². The molecule has 0 bridgehead atoms. The quantitative estimate of drug-likeness (QED) is 0.257. The van der Waals surface area contributed by atoms with Crippen LogP contribution in [0.4, 0.5) is 0 Å². The minimum absolute atomic E-state index is 0.333. The monoisotopic (exact) mass is 388 g/mol. The van der Waals surface area contributed by atoms with E-state index in [1.54, 1.807) is 21.3 Å². The van der Waals surface area contributed by atoms with Crippen molar-refractivity contribution in [3.8, 4) is 0 Å². The molecule has 1 rings (SSSR count). The highest BCUT2D eigenvalue weighted by atomic mass is 28.4. The summed E-state index contributed by atoms with van der Waals surface area (Å²) in [5.74, 6) is 0. The van der Waals surface area contributed by atoms with Crippen molar-refractivity contribution in [2.45, 2.75) is 18.6 Å². The van der Waals surface area contributed by atoms with Gasteiger partial charge in [0.2, 0.25) is 0 Å². The minimum atomic E-state index is -2.69. The molecule has 0 aromatic rings. The molecule has 1 heterocycles. The topological polar surface area (TPSA) is 86.4 Å². The fourth-order valence-corrected chi connectivity index (χ4v) is 4.52. The van der Waals surface area contributed by atoms with Gasteiger partial charge in [-0.3, -0.25) is 0 Å². The van der Waals surface area contributed by atoms with Crippen LogP contribution >= 0.6 is 0 Å². The second-order valence-corrected chi connectivity index (χ2v) is 10.5. The SMILES string of the molecule is CO[Si](CCCOCC1CO1)(OC)OC.CO[Si](OC)(OC)OC. The fourth-order valence-electron chi connectivity index (χ4n) is 1.83. The van der Waals surface area contributed by atoms with Gasteiger partial charge in [-0.1, -0.05) is 0 Å². The van der Waals surface area contributed by atoms with Crippen LogP contribution < -0.4 is 0 Å². The summed E-state index contributed by atoms with van der Waals surface area (Å²) >= 11 is 0. The molecule has 1 saturated heterocycles. The van der Waals surface area contributed by atoms with E-state index in [9.17, 15) is 0 Å². The summed E-state index contributed by atoms with van der Waals surface area (Å²) < 4.78 is 45.7. The maximum Gasteiger partial charge on any atom is 0.678 e. The van der Waals surface area contributed by atoms with Crippen LogP contribution in [0.1, 0.15) is 6.42 Å². The van der Waals surface area contributed by atoms with Gasteiger partial charge < -0.3 is 40.5 Å². The Labute approximate surface area is 147 Å². The van der Waals surface area contributed by atoms with Crippen LogP contribution in [0.2, 0.25) is 6.04 Å². The van der Waals surface area contributed by atoms with Crippen molar-refractivity contribution in [3.63, 3.8) is 0 Å². The standard InChI is InChI=1S/C9H20O5Si.C4H12O4Si/c1-10-15(11-2,12-3)6-4-5-13-7-9-8-14-9;1-5-9(6-2,7-3)8-4/h9H,4-8H2,1-3H3;1-4H3. The van der Waals surface area contributed by atoms with Crippen molar-refractivity contribution in [2.24, 2.45) is 0 Å². The molecule has 0 aromatic heterocycles. The van der Waals surface area contributed by atoms with Crippen LogP contribution in [0.25, 0.3) is 0 Å². The highest BCUT2D eigenvalue weighted by Crippen LogP contribution is 2.15. The molecule has 1 fully saturated rings. The zero-order valence-corrected chi connectivity index (χ0v) is 17.8. The third-order valence-electron chi connectivity index (χ3n) is 3.41. The predicted molar refractivity (Wildman–Crippen MR) is 90.6 cm³/mol. The molecule has 1 aliphatic heterocycles. The molecule has 0 radical (unpaired) electrons. The largest absolute Gasteiger partial charge is 0.678 e. The molecule has 1 unspecified atom stereocenters. The number of hydrogen-bond acceptors (Lipinski definition) is 9. The summed E-state index contributed by atoms with van der Waals surface area (Å²) in [7, 11) is 5.74. The van der Waals surface area contributed by atoms with Gasteiger partial charge in [0.15, 0.2) is 0 Å². The van der Waals surface area contributed by atoms with E-state index in [4.69, 9.17) is 40.5 Å². The van der Waals surface area contributed by atoms with E-state index in [-0.39, 0.29) is 0 Å². The summed E-state index contributed by atoms with van der Waals surface area (Å²) in [5.41, 5.74) is 0. The Morgan fingerprint density at radius 3 is 1.54 bits per heavy atom. The van der Waals surface area contributed by atoms with Gasteiger partial charge in [-0.2, -0.15) is 0 Å². The molecule has 9 nitrogen and oxygen atoms in total. The van der Waals surface area contributed by atoms with Gasteiger partial charge in [-0.15, -0.1) is 0 Å². The Bertz CT molecular complexity index is 271. The van der Waals surface area contributed by atoms with Crippen molar-refractivity contribution in [1.82, 2.24) is 0 Å². The highest BCUT2D eigenvalue weighted by molar-refractivity contribution is 6.60. The Morgan fingerprint density at radius 1 is 0.792 bits per heavy atom. The maximum absolute atomic E-state index is 5.42. The van der Waals surface area contributed by atoms with E-state index in [1.807, 2.05) is 0 Å². The van der Waals surface area contributed by atoms with Crippen LogP contribution in [0.3, 0.4) is 0 Å². The maximum atomic E-state index is 5.42. The smallest absolute Gasteiger partial charge is 0.379 e. The Morgan fingerprint density at radius 2 is 1.25 bits per heavy atom. The molecule has 0 aliphatic carbocycles. The summed E-state index contributed by atoms with van der Waals surface area (Å²) in [4.78, 5) is 0. The highest BCUT2D eigenvalue weighted by Gasteiger charge is 2.40. The van der Waals surface area contributed by atoms with Crippen molar-refractivity contribution >= 4 is 17.9 Å². The van der Waals surface area contributed by atoms with Gasteiger partial charge in [-0.05, 0) is 6.42 Å². The molecule has 146 valence electrons. The fraction of sp³-hybridized carbons (Fsp3) is 1.00. The number of rotatable bonds is 13. The summed E-state index contributed by atoms with van der Waals surface area (Å²) in [6.07, 6.45) is 1.22. The Balaban J connectivity index is 0.000000506. The zero-order chi connectivity index (χ0) is 18.5.